The first-order chi connectivity index (χ1) is 12.9. The van der Waals surface area contributed by atoms with Crippen LogP contribution in [0.2, 0.25) is 0 Å². The van der Waals surface area contributed by atoms with Crippen molar-refractivity contribution in [2.45, 2.75) is 12.8 Å². The molecule has 1 aliphatic rings. The summed E-state index contributed by atoms with van der Waals surface area (Å²) in [4.78, 5) is 13.8. The van der Waals surface area contributed by atoms with Crippen LogP contribution in [0.15, 0.2) is 29.4 Å². The van der Waals surface area contributed by atoms with Crippen molar-refractivity contribution in [2.75, 3.05) is 18.0 Å². The molecule has 2 aromatic carbocycles. The van der Waals surface area contributed by atoms with Gasteiger partial charge in [-0.15, -0.1) is 0 Å². The van der Waals surface area contributed by atoms with Crippen molar-refractivity contribution in [3.8, 4) is 0 Å². The van der Waals surface area contributed by atoms with Crippen molar-refractivity contribution < 1.29 is 26.7 Å². The van der Waals surface area contributed by atoms with Crippen molar-refractivity contribution in [2.24, 2.45) is 5.10 Å². The van der Waals surface area contributed by atoms with Crippen LogP contribution in [-0.2, 0) is 11.2 Å². The molecule has 142 valence electrons. The topological polar surface area (TPSA) is 44.7 Å². The Morgan fingerprint density at radius 3 is 2.37 bits per heavy atom. The molecule has 1 heterocycles. The van der Waals surface area contributed by atoms with Gasteiger partial charge in [-0.1, -0.05) is 18.2 Å². The molecular weight excluding hydrogens is 369 g/mol. The lowest BCUT2D eigenvalue weighted by molar-refractivity contribution is -0.119. The Balaban J connectivity index is 1.69. The van der Waals surface area contributed by atoms with Gasteiger partial charge >= 0.3 is 0 Å². The van der Waals surface area contributed by atoms with Gasteiger partial charge in [0.25, 0.3) is 5.91 Å². The Bertz CT molecular complexity index is 887. The van der Waals surface area contributed by atoms with Crippen molar-refractivity contribution in [1.29, 1.82) is 0 Å². The quantitative estimate of drug-likeness (QED) is 0.290. The molecule has 0 unspecified atom stereocenters. The maximum Gasteiger partial charge on any atom is 0.259 e. The van der Waals surface area contributed by atoms with Crippen LogP contribution < -0.4 is 10.3 Å². The molecule has 0 fully saturated rings. The van der Waals surface area contributed by atoms with Gasteiger partial charge in [-0.3, -0.25) is 4.79 Å². The number of anilines is 1. The van der Waals surface area contributed by atoms with Gasteiger partial charge in [0.15, 0.2) is 23.3 Å². The molecule has 0 spiro atoms. The number of amides is 1. The molecule has 0 aliphatic carbocycles. The molecule has 3 rings (SSSR count). The van der Waals surface area contributed by atoms with Crippen LogP contribution in [-0.4, -0.2) is 25.2 Å². The second kappa shape index (κ2) is 7.73. The van der Waals surface area contributed by atoms with E-state index in [0.29, 0.717) is 12.8 Å². The number of benzene rings is 2. The van der Waals surface area contributed by atoms with E-state index >= 15 is 0 Å². The molecule has 0 saturated heterocycles. The Kier molecular flexibility index (Phi) is 5.38. The maximum absolute atomic E-state index is 13.5. The molecule has 1 N–H and O–H groups in total. The minimum Gasteiger partial charge on any atom is -0.362 e. The van der Waals surface area contributed by atoms with Crippen LogP contribution >= 0.6 is 0 Å². The van der Waals surface area contributed by atoms with E-state index in [9.17, 15) is 26.7 Å². The number of para-hydroxylation sites is 1. The van der Waals surface area contributed by atoms with Crippen LogP contribution in [0.5, 0.6) is 0 Å². The summed E-state index contributed by atoms with van der Waals surface area (Å²) in [5, 5.41) is 3.31. The molecule has 0 bridgehead atoms. The standard InChI is InChI=1S/C18H14F5N3O/c19-14-11(15(20)17(22)18(23)16(14)21)8-24-25-13(27)9-26-7-3-5-10-4-1-2-6-12(10)26/h1-2,4,6,8H,3,5,7,9H2,(H,25,27)/b24-8+. The molecule has 4 nitrogen and oxygen atoms in total. The van der Waals surface area contributed by atoms with Crippen molar-refractivity contribution in [3.63, 3.8) is 0 Å². The van der Waals surface area contributed by atoms with Crippen LogP contribution in [0, 0.1) is 29.1 Å². The lowest BCUT2D eigenvalue weighted by Gasteiger charge is -2.30. The average molecular weight is 383 g/mol. The third-order valence-electron chi connectivity index (χ3n) is 4.17. The lowest BCUT2D eigenvalue weighted by Crippen LogP contribution is -2.38. The lowest BCUT2D eigenvalue weighted by atomic mass is 10.0. The fourth-order valence-electron chi connectivity index (χ4n) is 2.89. The monoisotopic (exact) mass is 383 g/mol. The zero-order valence-electron chi connectivity index (χ0n) is 13.9. The molecular formula is C18H14F5N3O. The number of carbonyl (C=O) groups excluding carboxylic acids is 1. The number of halogens is 5. The fraction of sp³-hybridized carbons (Fsp3) is 0.222. The predicted octanol–water partition coefficient (Wildman–Crippen LogP) is 3.29. The van der Waals surface area contributed by atoms with Gasteiger partial charge in [0, 0.05) is 12.2 Å². The second-order valence-electron chi connectivity index (χ2n) is 5.93. The second-order valence-corrected chi connectivity index (χ2v) is 5.93. The van der Waals surface area contributed by atoms with Gasteiger partial charge in [0.1, 0.15) is 0 Å². The molecule has 0 saturated carbocycles. The summed E-state index contributed by atoms with van der Waals surface area (Å²) < 4.78 is 66.3. The smallest absolute Gasteiger partial charge is 0.259 e. The van der Waals surface area contributed by atoms with Gasteiger partial charge in [-0.2, -0.15) is 5.10 Å². The van der Waals surface area contributed by atoms with E-state index < -0.39 is 40.6 Å². The highest BCUT2D eigenvalue weighted by atomic mass is 19.2. The normalized spacial score (nSPS) is 13.7. The summed E-state index contributed by atoms with van der Waals surface area (Å²) in [6.45, 7) is 0.581. The first kappa shape index (κ1) is 18.8. The highest BCUT2D eigenvalue weighted by Crippen LogP contribution is 2.26. The van der Waals surface area contributed by atoms with Crippen molar-refractivity contribution in [3.05, 3.63) is 64.5 Å². The highest BCUT2D eigenvalue weighted by Gasteiger charge is 2.25. The number of carbonyl (C=O) groups is 1. The van der Waals surface area contributed by atoms with Crippen molar-refractivity contribution >= 4 is 17.8 Å². The number of aryl methyl sites for hydroxylation is 1. The van der Waals surface area contributed by atoms with E-state index in [2.05, 4.69) is 5.10 Å². The van der Waals surface area contributed by atoms with E-state index in [1.807, 2.05) is 34.6 Å². The van der Waals surface area contributed by atoms with Gasteiger partial charge in [0.05, 0.1) is 18.3 Å². The number of nitrogens with one attached hydrogen (secondary N) is 1. The Hall–Kier alpha value is -2.97. The Morgan fingerprint density at radius 2 is 1.67 bits per heavy atom. The van der Waals surface area contributed by atoms with E-state index in [1.165, 1.54) is 0 Å². The zero-order valence-corrected chi connectivity index (χ0v) is 13.9. The zero-order chi connectivity index (χ0) is 19.6. The summed E-state index contributed by atoms with van der Waals surface area (Å²) in [6.07, 6.45) is 2.14. The number of rotatable bonds is 4. The minimum absolute atomic E-state index is 0.0640. The molecule has 0 atom stereocenters. The minimum atomic E-state index is -2.25. The van der Waals surface area contributed by atoms with Crippen LogP contribution in [0.25, 0.3) is 0 Å². The number of fused-ring (bicyclic) bond motifs is 1. The van der Waals surface area contributed by atoms with E-state index in [-0.39, 0.29) is 6.54 Å². The summed E-state index contributed by atoms with van der Waals surface area (Å²) in [6, 6.07) is 7.58. The molecule has 9 heteroatoms. The van der Waals surface area contributed by atoms with Crippen LogP contribution in [0.4, 0.5) is 27.6 Å². The third kappa shape index (κ3) is 3.76. The summed E-state index contributed by atoms with van der Waals surface area (Å²) in [5.41, 5.74) is 2.81. The summed E-state index contributed by atoms with van der Waals surface area (Å²) in [7, 11) is 0. The van der Waals surface area contributed by atoms with E-state index in [0.717, 1.165) is 24.1 Å². The Morgan fingerprint density at radius 1 is 1.04 bits per heavy atom. The summed E-state index contributed by atoms with van der Waals surface area (Å²) in [5.74, 6) is -11.0. The molecule has 27 heavy (non-hydrogen) atoms. The van der Waals surface area contributed by atoms with E-state index in [1.54, 1.807) is 0 Å². The number of hydrogen-bond donors (Lipinski definition) is 1. The first-order valence-corrected chi connectivity index (χ1v) is 8.06. The van der Waals surface area contributed by atoms with Gasteiger partial charge in [-0.25, -0.2) is 27.4 Å². The van der Waals surface area contributed by atoms with Gasteiger partial charge < -0.3 is 4.90 Å². The van der Waals surface area contributed by atoms with Crippen LogP contribution in [0.3, 0.4) is 0 Å². The Labute approximate surface area is 151 Å². The predicted molar refractivity (Wildman–Crippen MR) is 88.9 cm³/mol. The molecule has 0 aromatic heterocycles. The maximum atomic E-state index is 13.5. The average Bonchev–Trinajstić information content (AvgIpc) is 2.68. The summed E-state index contributed by atoms with van der Waals surface area (Å²) >= 11 is 0. The third-order valence-corrected chi connectivity index (χ3v) is 4.17. The number of hydrazone groups is 1. The number of nitrogens with zero attached hydrogens (tertiary/aromatic N) is 2. The largest absolute Gasteiger partial charge is 0.362 e. The van der Waals surface area contributed by atoms with Crippen molar-refractivity contribution in [1.82, 2.24) is 5.43 Å². The fourth-order valence-corrected chi connectivity index (χ4v) is 2.89. The van der Waals surface area contributed by atoms with E-state index in [4.69, 9.17) is 0 Å². The van der Waals surface area contributed by atoms with Gasteiger partial charge in [0.2, 0.25) is 5.82 Å². The van der Waals surface area contributed by atoms with Gasteiger partial charge in [-0.05, 0) is 24.5 Å². The SMILES string of the molecule is O=C(CN1CCCc2ccccc21)N/N=C/c1c(F)c(F)c(F)c(F)c1F. The van der Waals surface area contributed by atoms with Crippen LogP contribution in [0.1, 0.15) is 17.5 Å². The molecule has 2 aromatic rings. The molecule has 0 radical (unpaired) electrons. The molecule has 1 aliphatic heterocycles. The number of hydrogen-bond acceptors (Lipinski definition) is 3. The molecule has 1 amide bonds. The highest BCUT2D eigenvalue weighted by molar-refractivity contribution is 5.85. The first-order valence-electron chi connectivity index (χ1n) is 8.06.